The van der Waals surface area contributed by atoms with Gasteiger partial charge >= 0.3 is 0 Å². The Morgan fingerprint density at radius 3 is 2.90 bits per heavy atom. The van der Waals surface area contributed by atoms with E-state index in [1.807, 2.05) is 43.3 Å². The van der Waals surface area contributed by atoms with Crippen LogP contribution in [0.5, 0.6) is 5.75 Å². The quantitative estimate of drug-likeness (QED) is 0.797. The van der Waals surface area contributed by atoms with Gasteiger partial charge in [0.2, 0.25) is 0 Å². The number of hydrogen-bond donors (Lipinski definition) is 0. The molecule has 1 aliphatic heterocycles. The molecule has 20 heavy (non-hydrogen) atoms. The normalized spacial score (nSPS) is 12.9. The van der Waals surface area contributed by atoms with Crippen molar-refractivity contribution in [3.05, 3.63) is 63.7 Å². The maximum Gasteiger partial charge on any atom is 0.167 e. The Bertz CT molecular complexity index is 677. The first-order chi connectivity index (χ1) is 9.63. The van der Waals surface area contributed by atoms with Crippen molar-refractivity contribution in [3.63, 3.8) is 0 Å². The molecule has 102 valence electrons. The minimum absolute atomic E-state index is 0.0884. The van der Waals surface area contributed by atoms with Crippen molar-refractivity contribution in [2.75, 3.05) is 6.61 Å². The SMILES string of the molecule is Cc1ccc(CC(=O)c2ccc3c(c2)CCO3)c(Cl)c1. The van der Waals surface area contributed by atoms with E-state index in [0.29, 0.717) is 18.1 Å². The van der Waals surface area contributed by atoms with Crippen molar-refractivity contribution in [1.82, 2.24) is 0 Å². The first kappa shape index (κ1) is 13.2. The molecule has 0 aromatic heterocycles. The van der Waals surface area contributed by atoms with Gasteiger partial charge in [0.1, 0.15) is 5.75 Å². The van der Waals surface area contributed by atoms with Gasteiger partial charge in [0.25, 0.3) is 0 Å². The minimum atomic E-state index is 0.0884. The molecule has 0 spiro atoms. The van der Waals surface area contributed by atoms with Crippen LogP contribution >= 0.6 is 11.6 Å². The van der Waals surface area contributed by atoms with Crippen LogP contribution in [0.2, 0.25) is 5.02 Å². The van der Waals surface area contributed by atoms with Gasteiger partial charge < -0.3 is 4.74 Å². The average Bonchev–Trinajstić information content (AvgIpc) is 2.89. The molecular weight excluding hydrogens is 272 g/mol. The summed E-state index contributed by atoms with van der Waals surface area (Å²) in [4.78, 5) is 12.4. The number of Topliss-reactive ketones (excluding diaryl/α,β-unsaturated/α-hetero) is 1. The van der Waals surface area contributed by atoms with Gasteiger partial charge in [0.15, 0.2) is 5.78 Å². The molecule has 0 atom stereocenters. The molecule has 3 heteroatoms. The van der Waals surface area contributed by atoms with Crippen LogP contribution in [0.15, 0.2) is 36.4 Å². The zero-order valence-corrected chi connectivity index (χ0v) is 12.0. The van der Waals surface area contributed by atoms with E-state index in [1.165, 1.54) is 0 Å². The maximum atomic E-state index is 12.4. The lowest BCUT2D eigenvalue weighted by Gasteiger charge is -2.06. The van der Waals surface area contributed by atoms with Gasteiger partial charge in [-0.25, -0.2) is 0 Å². The van der Waals surface area contributed by atoms with Crippen molar-refractivity contribution < 1.29 is 9.53 Å². The number of rotatable bonds is 3. The van der Waals surface area contributed by atoms with E-state index in [1.54, 1.807) is 0 Å². The molecule has 3 rings (SSSR count). The van der Waals surface area contributed by atoms with E-state index in [4.69, 9.17) is 16.3 Å². The Hall–Kier alpha value is -1.80. The molecule has 0 saturated heterocycles. The van der Waals surface area contributed by atoms with Crippen LogP contribution in [0.25, 0.3) is 0 Å². The predicted octanol–water partition coefficient (Wildman–Crippen LogP) is 4.01. The summed E-state index contributed by atoms with van der Waals surface area (Å²) in [6, 6.07) is 11.4. The van der Waals surface area contributed by atoms with Gasteiger partial charge in [0, 0.05) is 23.4 Å². The Kier molecular flexibility index (Phi) is 3.49. The molecule has 2 aromatic rings. The zero-order chi connectivity index (χ0) is 14.1. The average molecular weight is 287 g/mol. The Morgan fingerprint density at radius 1 is 1.25 bits per heavy atom. The van der Waals surface area contributed by atoms with E-state index in [9.17, 15) is 4.79 Å². The van der Waals surface area contributed by atoms with Gasteiger partial charge in [-0.05, 0) is 47.9 Å². The fourth-order valence-corrected chi connectivity index (χ4v) is 2.73. The summed E-state index contributed by atoms with van der Waals surface area (Å²) in [5, 5.41) is 0.655. The number of hydrogen-bond acceptors (Lipinski definition) is 2. The third-order valence-electron chi connectivity index (χ3n) is 3.57. The lowest BCUT2D eigenvalue weighted by molar-refractivity contribution is 0.0993. The molecule has 1 heterocycles. The third kappa shape index (κ3) is 2.56. The van der Waals surface area contributed by atoms with E-state index >= 15 is 0 Å². The van der Waals surface area contributed by atoms with Crippen LogP contribution in [-0.2, 0) is 12.8 Å². The summed E-state index contributed by atoms with van der Waals surface area (Å²) in [6.45, 7) is 2.69. The Morgan fingerprint density at radius 2 is 2.10 bits per heavy atom. The molecule has 0 radical (unpaired) electrons. The smallest absolute Gasteiger partial charge is 0.167 e. The van der Waals surface area contributed by atoms with E-state index in [0.717, 1.165) is 34.4 Å². The van der Waals surface area contributed by atoms with Gasteiger partial charge in [-0.3, -0.25) is 4.79 Å². The number of ether oxygens (including phenoxy) is 1. The highest BCUT2D eigenvalue weighted by molar-refractivity contribution is 6.31. The minimum Gasteiger partial charge on any atom is -0.493 e. The highest BCUT2D eigenvalue weighted by Crippen LogP contribution is 2.27. The number of carbonyl (C=O) groups excluding carboxylic acids is 1. The summed E-state index contributed by atoms with van der Waals surface area (Å²) in [5.41, 5.74) is 3.82. The van der Waals surface area contributed by atoms with Crippen LogP contribution in [0.4, 0.5) is 0 Å². The topological polar surface area (TPSA) is 26.3 Å². The van der Waals surface area contributed by atoms with Crippen LogP contribution < -0.4 is 4.74 Å². The van der Waals surface area contributed by atoms with Gasteiger partial charge in [-0.2, -0.15) is 0 Å². The Balaban J connectivity index is 1.82. The molecular formula is C17H15ClO2. The van der Waals surface area contributed by atoms with Crippen molar-refractivity contribution in [3.8, 4) is 5.75 Å². The second-order valence-electron chi connectivity index (χ2n) is 5.12. The first-order valence-electron chi connectivity index (χ1n) is 6.67. The van der Waals surface area contributed by atoms with Crippen molar-refractivity contribution >= 4 is 17.4 Å². The number of fused-ring (bicyclic) bond motifs is 1. The number of carbonyl (C=O) groups is 1. The maximum absolute atomic E-state index is 12.4. The van der Waals surface area contributed by atoms with Crippen LogP contribution in [-0.4, -0.2) is 12.4 Å². The molecule has 1 aliphatic rings. The highest BCUT2D eigenvalue weighted by atomic mass is 35.5. The summed E-state index contributed by atoms with van der Waals surface area (Å²) in [7, 11) is 0. The zero-order valence-electron chi connectivity index (χ0n) is 11.3. The molecule has 0 unspecified atom stereocenters. The molecule has 0 saturated carbocycles. The number of aryl methyl sites for hydroxylation is 1. The molecule has 0 bridgehead atoms. The Labute approximate surface area is 123 Å². The van der Waals surface area contributed by atoms with E-state index in [-0.39, 0.29) is 5.78 Å². The molecule has 0 amide bonds. The van der Waals surface area contributed by atoms with Crippen molar-refractivity contribution in [2.24, 2.45) is 0 Å². The van der Waals surface area contributed by atoms with E-state index in [2.05, 4.69) is 0 Å². The highest BCUT2D eigenvalue weighted by Gasteiger charge is 2.16. The van der Waals surface area contributed by atoms with Crippen molar-refractivity contribution in [1.29, 1.82) is 0 Å². The van der Waals surface area contributed by atoms with Gasteiger partial charge in [0.05, 0.1) is 6.61 Å². The molecule has 2 aromatic carbocycles. The summed E-state index contributed by atoms with van der Waals surface area (Å²) in [6.07, 6.45) is 1.21. The third-order valence-corrected chi connectivity index (χ3v) is 3.92. The van der Waals surface area contributed by atoms with E-state index < -0.39 is 0 Å². The predicted molar refractivity (Wildman–Crippen MR) is 79.9 cm³/mol. The standard InChI is InChI=1S/C17H15ClO2/c1-11-2-3-12(15(18)8-11)10-16(19)13-4-5-17-14(9-13)6-7-20-17/h2-5,8-9H,6-7,10H2,1H3. The molecule has 0 aliphatic carbocycles. The largest absolute Gasteiger partial charge is 0.493 e. The molecule has 2 nitrogen and oxygen atoms in total. The summed E-state index contributed by atoms with van der Waals surface area (Å²) >= 11 is 6.18. The van der Waals surface area contributed by atoms with Crippen molar-refractivity contribution in [2.45, 2.75) is 19.8 Å². The second-order valence-corrected chi connectivity index (χ2v) is 5.52. The molecule has 0 N–H and O–H groups in total. The van der Waals surface area contributed by atoms with Gasteiger partial charge in [-0.1, -0.05) is 23.7 Å². The second kappa shape index (κ2) is 5.29. The van der Waals surface area contributed by atoms with Gasteiger partial charge in [-0.15, -0.1) is 0 Å². The molecule has 0 fully saturated rings. The van der Waals surface area contributed by atoms with Crippen LogP contribution in [0.1, 0.15) is 27.0 Å². The van der Waals surface area contributed by atoms with Crippen LogP contribution in [0, 0.1) is 6.92 Å². The summed E-state index contributed by atoms with van der Waals surface area (Å²) < 4.78 is 5.45. The van der Waals surface area contributed by atoms with Crippen LogP contribution in [0.3, 0.4) is 0 Å². The monoisotopic (exact) mass is 286 g/mol. The number of ketones is 1. The number of benzene rings is 2. The fourth-order valence-electron chi connectivity index (χ4n) is 2.43. The number of halogens is 1. The summed E-state index contributed by atoms with van der Waals surface area (Å²) in [5.74, 6) is 0.986. The fraction of sp³-hybridized carbons (Fsp3) is 0.235. The lowest BCUT2D eigenvalue weighted by atomic mass is 10.00. The lowest BCUT2D eigenvalue weighted by Crippen LogP contribution is -2.04. The first-order valence-corrected chi connectivity index (χ1v) is 7.05.